The SMILES string of the molecule is C=CCn1ccc2ccn(CCc3c(C)noc3C)c(=O)c21. The van der Waals surface area contributed by atoms with Crippen molar-refractivity contribution in [1.29, 1.82) is 0 Å². The van der Waals surface area contributed by atoms with Crippen molar-refractivity contribution < 1.29 is 4.52 Å². The molecule has 0 saturated carbocycles. The molecule has 0 aliphatic carbocycles. The molecule has 5 heteroatoms. The Balaban J connectivity index is 1.94. The fourth-order valence-electron chi connectivity index (χ4n) is 2.80. The molecule has 0 unspecified atom stereocenters. The van der Waals surface area contributed by atoms with Gasteiger partial charge < -0.3 is 13.7 Å². The van der Waals surface area contributed by atoms with E-state index < -0.39 is 0 Å². The lowest BCUT2D eigenvalue weighted by molar-refractivity contribution is 0.392. The number of fused-ring (bicyclic) bond motifs is 1. The number of rotatable bonds is 5. The van der Waals surface area contributed by atoms with Gasteiger partial charge in [-0.25, -0.2) is 0 Å². The number of pyridine rings is 1. The summed E-state index contributed by atoms with van der Waals surface area (Å²) >= 11 is 0. The zero-order valence-corrected chi connectivity index (χ0v) is 12.9. The summed E-state index contributed by atoms with van der Waals surface area (Å²) in [6.07, 6.45) is 6.29. The molecular formula is C17H19N3O2. The highest BCUT2D eigenvalue weighted by Crippen LogP contribution is 2.15. The quantitative estimate of drug-likeness (QED) is 0.680. The normalized spacial score (nSPS) is 11.2. The predicted molar refractivity (Wildman–Crippen MR) is 86.1 cm³/mol. The second-order valence-electron chi connectivity index (χ2n) is 5.43. The van der Waals surface area contributed by atoms with Gasteiger partial charge in [-0.05, 0) is 32.4 Å². The first-order chi connectivity index (χ1) is 10.6. The summed E-state index contributed by atoms with van der Waals surface area (Å²) in [5.74, 6) is 0.821. The van der Waals surface area contributed by atoms with E-state index in [1.807, 2.05) is 42.9 Å². The Morgan fingerprint density at radius 3 is 2.64 bits per heavy atom. The lowest BCUT2D eigenvalue weighted by Gasteiger charge is -2.07. The van der Waals surface area contributed by atoms with Gasteiger partial charge in [-0.15, -0.1) is 6.58 Å². The minimum absolute atomic E-state index is 0.0242. The first-order valence-electron chi connectivity index (χ1n) is 7.32. The Morgan fingerprint density at radius 1 is 1.27 bits per heavy atom. The zero-order chi connectivity index (χ0) is 15.7. The molecule has 3 aromatic heterocycles. The van der Waals surface area contributed by atoms with E-state index in [0.717, 1.165) is 34.3 Å². The van der Waals surface area contributed by atoms with Crippen LogP contribution in [-0.4, -0.2) is 14.3 Å². The Morgan fingerprint density at radius 2 is 2.00 bits per heavy atom. The monoisotopic (exact) mass is 297 g/mol. The van der Waals surface area contributed by atoms with Gasteiger partial charge in [-0.1, -0.05) is 11.2 Å². The third-order valence-corrected chi connectivity index (χ3v) is 4.00. The van der Waals surface area contributed by atoms with Crippen LogP contribution >= 0.6 is 0 Å². The van der Waals surface area contributed by atoms with E-state index in [0.29, 0.717) is 13.1 Å². The Bertz CT molecular complexity index is 864. The maximum atomic E-state index is 12.7. The number of hydrogen-bond donors (Lipinski definition) is 0. The van der Waals surface area contributed by atoms with Crippen LogP contribution < -0.4 is 5.56 Å². The molecule has 0 aliphatic rings. The first-order valence-corrected chi connectivity index (χ1v) is 7.32. The first kappa shape index (κ1) is 14.4. The molecule has 5 nitrogen and oxygen atoms in total. The highest BCUT2D eigenvalue weighted by atomic mass is 16.5. The number of hydrogen-bond acceptors (Lipinski definition) is 3. The molecule has 0 radical (unpaired) electrons. The van der Waals surface area contributed by atoms with Gasteiger partial charge in [-0.2, -0.15) is 0 Å². The summed E-state index contributed by atoms with van der Waals surface area (Å²) in [5, 5.41) is 4.91. The molecule has 3 rings (SSSR count). The summed E-state index contributed by atoms with van der Waals surface area (Å²) in [5.41, 5.74) is 2.72. The average molecular weight is 297 g/mol. The summed E-state index contributed by atoms with van der Waals surface area (Å²) in [6.45, 7) is 8.80. The van der Waals surface area contributed by atoms with Crippen molar-refractivity contribution >= 4 is 10.9 Å². The molecule has 0 aliphatic heterocycles. The summed E-state index contributed by atoms with van der Waals surface area (Å²) < 4.78 is 8.84. The van der Waals surface area contributed by atoms with Crippen LogP contribution in [0.25, 0.3) is 10.9 Å². The molecule has 3 heterocycles. The van der Waals surface area contributed by atoms with Crippen LogP contribution in [0.5, 0.6) is 0 Å². The molecule has 114 valence electrons. The van der Waals surface area contributed by atoms with Crippen LogP contribution in [-0.2, 0) is 19.5 Å². The maximum absolute atomic E-state index is 12.7. The van der Waals surface area contributed by atoms with Crippen molar-refractivity contribution in [2.24, 2.45) is 0 Å². The standard InChI is InChI=1S/C17H19N3O2/c1-4-8-19-9-5-14-6-10-20(17(21)16(14)19)11-7-15-12(2)18-22-13(15)3/h4-6,9-10H,1,7-8,11H2,2-3H3. The minimum atomic E-state index is 0.0242. The third-order valence-electron chi connectivity index (χ3n) is 4.00. The fourth-order valence-corrected chi connectivity index (χ4v) is 2.80. The molecule has 0 bridgehead atoms. The molecule has 0 N–H and O–H groups in total. The highest BCUT2D eigenvalue weighted by Gasteiger charge is 2.11. The van der Waals surface area contributed by atoms with Crippen molar-refractivity contribution in [3.05, 3.63) is 64.6 Å². The molecule has 0 atom stereocenters. The average Bonchev–Trinajstić information content (AvgIpc) is 3.04. The Kier molecular flexibility index (Phi) is 3.71. The van der Waals surface area contributed by atoms with Crippen molar-refractivity contribution in [1.82, 2.24) is 14.3 Å². The molecule has 0 spiro atoms. The van der Waals surface area contributed by atoms with Crippen LogP contribution in [0.15, 0.2) is 46.5 Å². The predicted octanol–water partition coefficient (Wildman–Crippen LogP) is 2.84. The van der Waals surface area contributed by atoms with E-state index >= 15 is 0 Å². The van der Waals surface area contributed by atoms with Crippen molar-refractivity contribution in [3.8, 4) is 0 Å². The van der Waals surface area contributed by atoms with Crippen LogP contribution in [0.3, 0.4) is 0 Å². The van der Waals surface area contributed by atoms with E-state index in [-0.39, 0.29) is 5.56 Å². The molecule has 3 aromatic rings. The summed E-state index contributed by atoms with van der Waals surface area (Å²) in [4.78, 5) is 12.7. The van der Waals surface area contributed by atoms with Gasteiger partial charge in [0.15, 0.2) is 0 Å². The molecule has 0 saturated heterocycles. The summed E-state index contributed by atoms with van der Waals surface area (Å²) in [7, 11) is 0. The second-order valence-corrected chi connectivity index (χ2v) is 5.43. The van der Waals surface area contributed by atoms with Gasteiger partial charge in [0, 0.05) is 36.4 Å². The largest absolute Gasteiger partial charge is 0.361 e. The molecule has 0 amide bonds. The summed E-state index contributed by atoms with van der Waals surface area (Å²) in [6, 6.07) is 3.93. The van der Waals surface area contributed by atoms with Crippen LogP contribution in [0.4, 0.5) is 0 Å². The molecular weight excluding hydrogens is 278 g/mol. The lowest BCUT2D eigenvalue weighted by atomic mass is 10.1. The number of aromatic nitrogens is 3. The smallest absolute Gasteiger partial charge is 0.275 e. The number of aryl methyl sites for hydroxylation is 3. The molecule has 0 fully saturated rings. The second kappa shape index (κ2) is 5.67. The Labute approximate surface area is 128 Å². The van der Waals surface area contributed by atoms with E-state index in [1.54, 1.807) is 10.6 Å². The highest BCUT2D eigenvalue weighted by molar-refractivity contribution is 5.78. The van der Waals surface area contributed by atoms with Gasteiger partial charge >= 0.3 is 0 Å². The van der Waals surface area contributed by atoms with Gasteiger partial charge in [0.1, 0.15) is 11.3 Å². The van der Waals surface area contributed by atoms with Gasteiger partial charge in [0.25, 0.3) is 5.56 Å². The topological polar surface area (TPSA) is 53.0 Å². The van der Waals surface area contributed by atoms with Crippen molar-refractivity contribution in [3.63, 3.8) is 0 Å². The molecule has 0 aromatic carbocycles. The number of nitrogens with zero attached hydrogens (tertiary/aromatic N) is 3. The maximum Gasteiger partial charge on any atom is 0.275 e. The van der Waals surface area contributed by atoms with Gasteiger partial charge in [-0.3, -0.25) is 4.79 Å². The minimum Gasteiger partial charge on any atom is -0.361 e. The van der Waals surface area contributed by atoms with E-state index in [9.17, 15) is 4.79 Å². The number of allylic oxidation sites excluding steroid dienone is 1. The molecule has 22 heavy (non-hydrogen) atoms. The van der Waals surface area contributed by atoms with Crippen molar-refractivity contribution in [2.75, 3.05) is 0 Å². The lowest BCUT2D eigenvalue weighted by Crippen LogP contribution is -2.22. The zero-order valence-electron chi connectivity index (χ0n) is 12.9. The van der Waals surface area contributed by atoms with E-state index in [4.69, 9.17) is 4.52 Å². The van der Waals surface area contributed by atoms with E-state index in [2.05, 4.69) is 11.7 Å². The van der Waals surface area contributed by atoms with Gasteiger partial charge in [0.2, 0.25) is 0 Å². The van der Waals surface area contributed by atoms with Gasteiger partial charge in [0.05, 0.1) is 5.69 Å². The fraction of sp³-hybridized carbons (Fsp3) is 0.294. The van der Waals surface area contributed by atoms with Crippen LogP contribution in [0.1, 0.15) is 17.0 Å². The Hall–Kier alpha value is -2.56. The third kappa shape index (κ3) is 2.39. The van der Waals surface area contributed by atoms with Crippen LogP contribution in [0, 0.1) is 13.8 Å². The van der Waals surface area contributed by atoms with E-state index in [1.165, 1.54) is 0 Å². The van der Waals surface area contributed by atoms with Crippen LogP contribution in [0.2, 0.25) is 0 Å². The van der Waals surface area contributed by atoms with Crippen molar-refractivity contribution in [2.45, 2.75) is 33.4 Å².